The van der Waals surface area contributed by atoms with Gasteiger partial charge in [-0.1, -0.05) is 31.5 Å². The number of rotatable bonds is 6. The van der Waals surface area contributed by atoms with E-state index in [-0.39, 0.29) is 23.6 Å². The molecule has 1 amide bonds. The lowest BCUT2D eigenvalue weighted by Gasteiger charge is -2.42. The van der Waals surface area contributed by atoms with Gasteiger partial charge >= 0.3 is 6.18 Å². The molecule has 6 nitrogen and oxygen atoms in total. The lowest BCUT2D eigenvalue weighted by Crippen LogP contribution is -2.37. The molecule has 1 saturated carbocycles. The number of likely N-dealkylation sites (tertiary alicyclic amines) is 1. The Morgan fingerprint density at radius 1 is 1.18 bits per heavy atom. The van der Waals surface area contributed by atoms with Gasteiger partial charge in [-0.15, -0.1) is 10.2 Å². The second kappa shape index (κ2) is 9.47. The minimum Gasteiger partial charge on any atom is -0.321 e. The largest absolute Gasteiger partial charge is 0.417 e. The van der Waals surface area contributed by atoms with E-state index in [0.29, 0.717) is 22.7 Å². The minimum atomic E-state index is -4.61. The highest BCUT2D eigenvalue weighted by Gasteiger charge is 2.44. The maximum Gasteiger partial charge on any atom is 0.417 e. The number of nitrogens with zero attached hydrogens (tertiary/aromatic N) is 5. The molecule has 3 aromatic rings. The SMILES string of the molecule is C[C@H]1CCN([C@H](C)c2cc3c(c(C(F)(F)F)c2)C(=O)N(c2cccc(C4(Cc5nncn5C)CCC4)c2)C3)C1. The number of halogens is 3. The summed E-state index contributed by atoms with van der Waals surface area (Å²) in [7, 11) is 1.93. The highest BCUT2D eigenvalue weighted by atomic mass is 19.4. The number of hydrogen-bond donors (Lipinski definition) is 0. The van der Waals surface area contributed by atoms with Gasteiger partial charge in [-0.05, 0) is 73.5 Å². The van der Waals surface area contributed by atoms with Gasteiger partial charge in [-0.25, -0.2) is 0 Å². The molecule has 39 heavy (non-hydrogen) atoms. The van der Waals surface area contributed by atoms with Crippen LogP contribution in [-0.4, -0.2) is 38.7 Å². The van der Waals surface area contributed by atoms with E-state index in [9.17, 15) is 18.0 Å². The van der Waals surface area contributed by atoms with Gasteiger partial charge in [0.15, 0.2) is 0 Å². The van der Waals surface area contributed by atoms with E-state index in [1.54, 1.807) is 6.33 Å². The number of carbonyl (C=O) groups is 1. The molecule has 0 bridgehead atoms. The number of alkyl halides is 3. The molecule has 9 heteroatoms. The van der Waals surface area contributed by atoms with E-state index in [1.165, 1.54) is 11.0 Å². The zero-order valence-corrected chi connectivity index (χ0v) is 22.6. The molecule has 3 heterocycles. The number of carbonyl (C=O) groups excluding carboxylic acids is 1. The predicted octanol–water partition coefficient (Wildman–Crippen LogP) is 6.06. The van der Waals surface area contributed by atoms with Gasteiger partial charge in [0.1, 0.15) is 12.2 Å². The Hall–Kier alpha value is -3.20. The second-order valence-corrected chi connectivity index (χ2v) is 11.8. The highest BCUT2D eigenvalue weighted by Crippen LogP contribution is 2.47. The first-order valence-corrected chi connectivity index (χ1v) is 13.8. The number of amides is 1. The third-order valence-electron chi connectivity index (χ3n) is 9.20. The molecule has 2 aromatic carbocycles. The number of benzene rings is 2. The highest BCUT2D eigenvalue weighted by molar-refractivity contribution is 6.11. The number of aromatic nitrogens is 3. The van der Waals surface area contributed by atoms with Gasteiger partial charge < -0.3 is 9.47 Å². The molecule has 3 aliphatic rings. The van der Waals surface area contributed by atoms with Crippen LogP contribution in [-0.2, 0) is 31.6 Å². The standard InChI is InChI=1S/C30H34F3N5O/c1-19-8-11-37(16-19)20(2)21-12-22-17-38(28(39)27(22)25(13-21)30(31,32)33)24-7-4-6-23(14-24)29(9-5-10-29)15-26-35-34-18-36(26)3/h4,6-7,12-14,18-20H,5,8-11,15-17H2,1-3H3/t19-,20+/m0/s1. The van der Waals surface area contributed by atoms with Gasteiger partial charge in [-0.2, -0.15) is 13.2 Å². The molecule has 0 spiro atoms. The summed E-state index contributed by atoms with van der Waals surface area (Å²) in [5.41, 5.74) is 1.65. The Labute approximate surface area is 226 Å². The van der Waals surface area contributed by atoms with Crippen molar-refractivity contribution in [1.29, 1.82) is 0 Å². The van der Waals surface area contributed by atoms with Gasteiger partial charge in [-0.3, -0.25) is 9.69 Å². The van der Waals surface area contributed by atoms with Gasteiger partial charge in [0.2, 0.25) is 0 Å². The molecule has 2 aliphatic heterocycles. The summed E-state index contributed by atoms with van der Waals surface area (Å²) in [5, 5.41) is 8.29. The average molecular weight is 538 g/mol. The maximum atomic E-state index is 14.3. The zero-order valence-electron chi connectivity index (χ0n) is 22.6. The molecule has 6 rings (SSSR count). The van der Waals surface area contributed by atoms with Crippen molar-refractivity contribution in [3.8, 4) is 0 Å². The Bertz CT molecular complexity index is 1410. The van der Waals surface area contributed by atoms with Gasteiger partial charge in [0, 0.05) is 37.2 Å². The third-order valence-corrected chi connectivity index (χ3v) is 9.20. The molecule has 0 unspecified atom stereocenters. The van der Waals surface area contributed by atoms with Crippen LogP contribution in [0.3, 0.4) is 0 Å². The first kappa shape index (κ1) is 26.0. The summed E-state index contributed by atoms with van der Waals surface area (Å²) in [4.78, 5) is 17.3. The molecule has 1 aromatic heterocycles. The van der Waals surface area contributed by atoms with E-state index in [0.717, 1.165) is 56.6 Å². The van der Waals surface area contributed by atoms with E-state index in [1.807, 2.05) is 42.8 Å². The minimum absolute atomic E-state index is 0.112. The molecule has 2 fully saturated rings. The Morgan fingerprint density at radius 2 is 1.97 bits per heavy atom. The predicted molar refractivity (Wildman–Crippen MR) is 142 cm³/mol. The van der Waals surface area contributed by atoms with Crippen LogP contribution >= 0.6 is 0 Å². The van der Waals surface area contributed by atoms with Crippen molar-refractivity contribution < 1.29 is 18.0 Å². The molecule has 0 N–H and O–H groups in total. The van der Waals surface area contributed by atoms with Crippen molar-refractivity contribution in [2.45, 2.75) is 70.1 Å². The van der Waals surface area contributed by atoms with Gasteiger partial charge in [0.25, 0.3) is 5.91 Å². The lowest BCUT2D eigenvalue weighted by atomic mass is 9.62. The van der Waals surface area contributed by atoms with Crippen LogP contribution < -0.4 is 4.90 Å². The number of hydrogen-bond acceptors (Lipinski definition) is 4. The van der Waals surface area contributed by atoms with E-state index in [4.69, 9.17) is 0 Å². The molecular formula is C30H34F3N5O. The van der Waals surface area contributed by atoms with E-state index in [2.05, 4.69) is 28.1 Å². The topological polar surface area (TPSA) is 54.3 Å². The van der Waals surface area contributed by atoms with Crippen LogP contribution in [0.5, 0.6) is 0 Å². The lowest BCUT2D eigenvalue weighted by molar-refractivity contribution is -0.138. The maximum absolute atomic E-state index is 14.3. The summed E-state index contributed by atoms with van der Waals surface area (Å²) >= 11 is 0. The van der Waals surface area contributed by atoms with Gasteiger partial charge in [0.05, 0.1) is 17.7 Å². The number of anilines is 1. The zero-order chi connectivity index (χ0) is 27.5. The summed E-state index contributed by atoms with van der Waals surface area (Å²) in [6.07, 6.45) is 1.94. The van der Waals surface area contributed by atoms with Crippen molar-refractivity contribution in [2.24, 2.45) is 13.0 Å². The number of fused-ring (bicyclic) bond motifs is 1. The van der Waals surface area contributed by atoms with Crippen molar-refractivity contribution in [1.82, 2.24) is 19.7 Å². The summed E-state index contributed by atoms with van der Waals surface area (Å²) in [6.45, 7) is 6.01. The monoisotopic (exact) mass is 537 g/mol. The van der Waals surface area contributed by atoms with Crippen molar-refractivity contribution in [3.05, 3.63) is 76.4 Å². The van der Waals surface area contributed by atoms with Crippen LogP contribution in [0.1, 0.15) is 84.0 Å². The fourth-order valence-electron chi connectivity index (χ4n) is 6.63. The van der Waals surface area contributed by atoms with E-state index < -0.39 is 17.6 Å². The Morgan fingerprint density at radius 3 is 2.59 bits per heavy atom. The van der Waals surface area contributed by atoms with Crippen molar-refractivity contribution >= 4 is 11.6 Å². The first-order chi connectivity index (χ1) is 18.6. The molecule has 1 aliphatic carbocycles. The third kappa shape index (κ3) is 4.54. The average Bonchev–Trinajstić information content (AvgIpc) is 3.58. The summed E-state index contributed by atoms with van der Waals surface area (Å²) in [5.74, 6) is 0.842. The molecule has 2 atom stereocenters. The summed E-state index contributed by atoms with van der Waals surface area (Å²) in [6, 6.07) is 10.7. The van der Waals surface area contributed by atoms with Crippen molar-refractivity contribution in [2.75, 3.05) is 18.0 Å². The van der Waals surface area contributed by atoms with Crippen LogP contribution in [0.4, 0.5) is 18.9 Å². The van der Waals surface area contributed by atoms with E-state index >= 15 is 0 Å². The second-order valence-electron chi connectivity index (χ2n) is 11.8. The fourth-order valence-corrected chi connectivity index (χ4v) is 6.63. The normalized spacial score (nSPS) is 21.7. The quantitative estimate of drug-likeness (QED) is 0.384. The van der Waals surface area contributed by atoms with Crippen molar-refractivity contribution in [3.63, 3.8) is 0 Å². The number of aryl methyl sites for hydroxylation is 1. The first-order valence-electron chi connectivity index (χ1n) is 13.8. The van der Waals surface area contributed by atoms with Crippen LogP contribution in [0.25, 0.3) is 0 Å². The van der Waals surface area contributed by atoms with Crippen LogP contribution in [0.2, 0.25) is 0 Å². The smallest absolute Gasteiger partial charge is 0.321 e. The molecule has 1 saturated heterocycles. The van der Waals surface area contributed by atoms with Crippen LogP contribution in [0, 0.1) is 5.92 Å². The Kier molecular flexibility index (Phi) is 6.32. The molecule has 206 valence electrons. The molecule has 0 radical (unpaired) electrons. The van der Waals surface area contributed by atoms with Crippen LogP contribution in [0.15, 0.2) is 42.7 Å². The molecular weight excluding hydrogens is 503 g/mol. The summed E-state index contributed by atoms with van der Waals surface area (Å²) < 4.78 is 44.9. The Balaban J connectivity index is 1.33. The fraction of sp³-hybridized carbons (Fsp3) is 0.500.